The molecule has 1 atom stereocenters. The van der Waals surface area contributed by atoms with E-state index >= 15 is 0 Å². The average molecular weight is 432 g/mol. The number of hydrogen-bond donors (Lipinski definition) is 2. The van der Waals surface area contributed by atoms with Gasteiger partial charge in [0.25, 0.3) is 5.91 Å². The van der Waals surface area contributed by atoms with Crippen molar-refractivity contribution < 1.29 is 27.6 Å². The summed E-state index contributed by atoms with van der Waals surface area (Å²) in [5.41, 5.74) is -1.99. The molecule has 0 spiro atoms. The van der Waals surface area contributed by atoms with Crippen LogP contribution in [0.15, 0.2) is 35.0 Å². The third-order valence-corrected chi connectivity index (χ3v) is 5.24. The van der Waals surface area contributed by atoms with Crippen molar-refractivity contribution in [1.82, 2.24) is 10.2 Å². The summed E-state index contributed by atoms with van der Waals surface area (Å²) in [5.74, 6) is -1.45. The molecule has 0 saturated carbocycles. The van der Waals surface area contributed by atoms with Crippen molar-refractivity contribution in [2.45, 2.75) is 18.6 Å². The van der Waals surface area contributed by atoms with Crippen LogP contribution in [0.2, 0.25) is 5.02 Å². The molecule has 1 aliphatic heterocycles. The molecule has 6 nitrogen and oxygen atoms in total. The van der Waals surface area contributed by atoms with Gasteiger partial charge in [-0.05, 0) is 47.5 Å². The van der Waals surface area contributed by atoms with Crippen molar-refractivity contribution in [2.24, 2.45) is 0 Å². The van der Waals surface area contributed by atoms with Gasteiger partial charge < -0.3 is 10.6 Å². The molecule has 1 aromatic carbocycles. The number of anilines is 1. The van der Waals surface area contributed by atoms with Gasteiger partial charge in [-0.3, -0.25) is 14.5 Å². The fourth-order valence-corrected chi connectivity index (χ4v) is 3.74. The summed E-state index contributed by atoms with van der Waals surface area (Å²) >= 11 is 6.88. The number of urea groups is 1. The van der Waals surface area contributed by atoms with E-state index < -0.39 is 46.7 Å². The smallest absolute Gasteiger partial charge is 0.325 e. The Morgan fingerprint density at radius 1 is 1.32 bits per heavy atom. The predicted molar refractivity (Wildman–Crippen MR) is 97.0 cm³/mol. The molecule has 1 aliphatic rings. The zero-order valence-corrected chi connectivity index (χ0v) is 15.8. The van der Waals surface area contributed by atoms with Crippen LogP contribution in [0.5, 0.6) is 0 Å². The lowest BCUT2D eigenvalue weighted by Crippen LogP contribution is -2.41. The lowest BCUT2D eigenvalue weighted by molar-refractivity contribution is -0.137. The summed E-state index contributed by atoms with van der Waals surface area (Å²) in [4.78, 5) is 37.7. The molecule has 28 heavy (non-hydrogen) atoms. The van der Waals surface area contributed by atoms with Crippen molar-refractivity contribution in [1.29, 1.82) is 0 Å². The fraction of sp³-hybridized carbons (Fsp3) is 0.235. The number of amides is 4. The first-order chi connectivity index (χ1) is 13.0. The molecule has 1 unspecified atom stereocenters. The molecule has 1 aromatic heterocycles. The summed E-state index contributed by atoms with van der Waals surface area (Å²) in [6.07, 6.45) is -4.69. The van der Waals surface area contributed by atoms with Gasteiger partial charge in [0.15, 0.2) is 0 Å². The van der Waals surface area contributed by atoms with E-state index in [0.717, 1.165) is 6.07 Å². The normalized spacial score (nSPS) is 19.7. The molecule has 2 heterocycles. The SMILES string of the molecule is CC1(c2ccsc2)NC(=O)N(CC(=O)Nc2ccc(Cl)c(C(F)(F)F)c2)C1=O. The molecule has 2 N–H and O–H groups in total. The number of carbonyl (C=O) groups excluding carboxylic acids is 3. The second-order valence-corrected chi connectivity index (χ2v) is 7.39. The Kier molecular flexibility index (Phi) is 5.11. The van der Waals surface area contributed by atoms with Crippen LogP contribution < -0.4 is 10.6 Å². The van der Waals surface area contributed by atoms with Crippen LogP contribution in [0.25, 0.3) is 0 Å². The van der Waals surface area contributed by atoms with E-state index in [1.165, 1.54) is 24.3 Å². The summed E-state index contributed by atoms with van der Waals surface area (Å²) in [6, 6.07) is 3.79. The maximum atomic E-state index is 12.9. The summed E-state index contributed by atoms with van der Waals surface area (Å²) in [6.45, 7) is 0.871. The van der Waals surface area contributed by atoms with E-state index in [1.54, 1.807) is 16.8 Å². The average Bonchev–Trinajstić information content (AvgIpc) is 3.20. The Morgan fingerprint density at radius 2 is 2.04 bits per heavy atom. The number of halogens is 4. The van der Waals surface area contributed by atoms with Gasteiger partial charge >= 0.3 is 12.2 Å². The number of nitrogens with one attached hydrogen (secondary N) is 2. The monoisotopic (exact) mass is 431 g/mol. The highest BCUT2D eigenvalue weighted by atomic mass is 35.5. The van der Waals surface area contributed by atoms with Gasteiger partial charge in [0.05, 0.1) is 10.6 Å². The van der Waals surface area contributed by atoms with Crippen LogP contribution in [0.1, 0.15) is 18.1 Å². The van der Waals surface area contributed by atoms with Crippen LogP contribution in [-0.2, 0) is 21.3 Å². The van der Waals surface area contributed by atoms with Gasteiger partial charge in [-0.2, -0.15) is 24.5 Å². The Hall–Kier alpha value is -2.59. The summed E-state index contributed by atoms with van der Waals surface area (Å²) < 4.78 is 38.7. The Labute approximate surface area is 166 Å². The minimum absolute atomic E-state index is 0.158. The van der Waals surface area contributed by atoms with Crippen LogP contribution in [0.3, 0.4) is 0 Å². The Morgan fingerprint density at radius 3 is 2.64 bits per heavy atom. The topological polar surface area (TPSA) is 78.5 Å². The molecule has 3 rings (SSSR count). The second-order valence-electron chi connectivity index (χ2n) is 6.20. The quantitative estimate of drug-likeness (QED) is 0.722. The molecule has 11 heteroatoms. The van der Waals surface area contributed by atoms with Crippen molar-refractivity contribution in [2.75, 3.05) is 11.9 Å². The van der Waals surface area contributed by atoms with Gasteiger partial charge in [0, 0.05) is 5.69 Å². The fourth-order valence-electron chi connectivity index (χ4n) is 2.75. The van der Waals surface area contributed by atoms with Crippen LogP contribution in [0.4, 0.5) is 23.7 Å². The third kappa shape index (κ3) is 3.69. The van der Waals surface area contributed by atoms with Crippen molar-refractivity contribution in [3.63, 3.8) is 0 Å². The minimum Gasteiger partial charge on any atom is -0.325 e. The first-order valence-electron chi connectivity index (χ1n) is 7.86. The van der Waals surface area contributed by atoms with Crippen LogP contribution >= 0.6 is 22.9 Å². The number of imide groups is 1. The van der Waals surface area contributed by atoms with Crippen molar-refractivity contribution in [3.05, 3.63) is 51.2 Å². The third-order valence-electron chi connectivity index (χ3n) is 4.23. The molecule has 0 aliphatic carbocycles. The predicted octanol–water partition coefficient (Wildman–Crippen LogP) is 3.83. The van der Waals surface area contributed by atoms with E-state index in [0.29, 0.717) is 16.5 Å². The van der Waals surface area contributed by atoms with Gasteiger partial charge in [0.1, 0.15) is 12.1 Å². The number of carbonyl (C=O) groups is 3. The molecular formula is C17H13ClF3N3O3S. The van der Waals surface area contributed by atoms with E-state index in [1.807, 2.05) is 0 Å². The summed E-state index contributed by atoms with van der Waals surface area (Å²) in [7, 11) is 0. The molecule has 4 amide bonds. The number of rotatable bonds is 4. The van der Waals surface area contributed by atoms with Gasteiger partial charge in [0.2, 0.25) is 5.91 Å². The highest BCUT2D eigenvalue weighted by molar-refractivity contribution is 7.08. The first-order valence-corrected chi connectivity index (χ1v) is 9.18. The first kappa shape index (κ1) is 20.2. The number of nitrogens with zero attached hydrogens (tertiary/aromatic N) is 1. The van der Waals surface area contributed by atoms with E-state index in [-0.39, 0.29) is 5.69 Å². The van der Waals surface area contributed by atoms with E-state index in [2.05, 4.69) is 10.6 Å². The number of benzene rings is 1. The van der Waals surface area contributed by atoms with Crippen LogP contribution in [0, 0.1) is 0 Å². The number of alkyl halides is 3. The largest absolute Gasteiger partial charge is 0.417 e. The van der Waals surface area contributed by atoms with Crippen molar-refractivity contribution >= 4 is 46.5 Å². The zero-order valence-electron chi connectivity index (χ0n) is 14.3. The number of hydrogen-bond acceptors (Lipinski definition) is 4. The van der Waals surface area contributed by atoms with Crippen molar-refractivity contribution in [3.8, 4) is 0 Å². The standard InChI is InChI=1S/C17H13ClF3N3O3S/c1-16(9-4-5-28-8-9)14(26)24(15(27)23-16)7-13(25)22-10-2-3-12(18)11(6-10)17(19,20)21/h2-6,8H,7H2,1H3,(H,22,25)(H,23,27). The van der Waals surface area contributed by atoms with Gasteiger partial charge in [-0.25, -0.2) is 4.79 Å². The van der Waals surface area contributed by atoms with Gasteiger partial charge in [-0.15, -0.1) is 0 Å². The molecule has 148 valence electrons. The maximum Gasteiger partial charge on any atom is 0.417 e. The molecule has 0 bridgehead atoms. The highest BCUT2D eigenvalue weighted by Crippen LogP contribution is 2.36. The van der Waals surface area contributed by atoms with Crippen LogP contribution in [-0.4, -0.2) is 29.3 Å². The summed E-state index contributed by atoms with van der Waals surface area (Å²) in [5, 5.41) is 7.72. The number of thiophene rings is 1. The molecular weight excluding hydrogens is 419 g/mol. The second kappa shape index (κ2) is 7.10. The Balaban J connectivity index is 1.74. The van der Waals surface area contributed by atoms with E-state index in [9.17, 15) is 27.6 Å². The lowest BCUT2D eigenvalue weighted by Gasteiger charge is -2.20. The molecule has 1 fully saturated rings. The van der Waals surface area contributed by atoms with Gasteiger partial charge in [-0.1, -0.05) is 11.6 Å². The molecule has 0 radical (unpaired) electrons. The minimum atomic E-state index is -4.69. The highest BCUT2D eigenvalue weighted by Gasteiger charge is 2.49. The Bertz CT molecular complexity index is 949. The maximum absolute atomic E-state index is 12.9. The molecule has 2 aromatic rings. The lowest BCUT2D eigenvalue weighted by atomic mass is 9.95. The zero-order chi connectivity index (χ0) is 20.7. The molecule has 1 saturated heterocycles. The van der Waals surface area contributed by atoms with E-state index in [4.69, 9.17) is 11.6 Å².